The summed E-state index contributed by atoms with van der Waals surface area (Å²) in [6.07, 6.45) is -5.08. The van der Waals surface area contributed by atoms with Crippen molar-refractivity contribution in [1.82, 2.24) is 0 Å². The van der Waals surface area contributed by atoms with E-state index in [0.29, 0.717) is 0 Å². The molecule has 0 aromatic rings. The number of carboxylic acids is 1. The molecule has 0 saturated carbocycles. The maximum Gasteiger partial charge on any atom is 0.490 e. The first kappa shape index (κ1) is 14.3. The second kappa shape index (κ2) is 4.70. The van der Waals surface area contributed by atoms with Crippen LogP contribution in [-0.2, 0) is 4.79 Å². The third-order valence-electron chi connectivity index (χ3n) is 0.578. The molecular weight excluding hydrogens is 187 g/mol. The minimum Gasteiger partial charge on any atom is -0.475 e. The second-order valence-electron chi connectivity index (χ2n) is 3.16. The number of hydrogen-bond donors (Lipinski definition) is 1. The summed E-state index contributed by atoms with van der Waals surface area (Å²) in [5, 5.41) is 15.3. The van der Waals surface area contributed by atoms with E-state index < -0.39 is 12.1 Å². The lowest BCUT2D eigenvalue weighted by Crippen LogP contribution is -2.21. The first-order valence-corrected chi connectivity index (χ1v) is 3.22. The lowest BCUT2D eigenvalue weighted by atomic mass is 10.0. The van der Waals surface area contributed by atoms with E-state index in [0.717, 1.165) is 0 Å². The van der Waals surface area contributed by atoms with Crippen molar-refractivity contribution in [2.24, 2.45) is 5.41 Å². The molecule has 0 aliphatic heterocycles. The molecular formula is C7H10F3NO2. The van der Waals surface area contributed by atoms with Crippen LogP contribution < -0.4 is 0 Å². The van der Waals surface area contributed by atoms with Crippen LogP contribution in [0.3, 0.4) is 0 Å². The van der Waals surface area contributed by atoms with Gasteiger partial charge in [-0.3, -0.25) is 0 Å². The molecule has 0 rings (SSSR count). The Morgan fingerprint density at radius 3 is 1.46 bits per heavy atom. The molecule has 3 nitrogen and oxygen atoms in total. The van der Waals surface area contributed by atoms with Crippen LogP contribution in [0.2, 0.25) is 0 Å². The summed E-state index contributed by atoms with van der Waals surface area (Å²) in [6.45, 7) is 5.65. The SMILES string of the molecule is CC(C)(C)C#N.O=C(O)C(F)(F)F. The summed E-state index contributed by atoms with van der Waals surface area (Å²) < 4.78 is 31.7. The van der Waals surface area contributed by atoms with Gasteiger partial charge in [0.2, 0.25) is 0 Å². The summed E-state index contributed by atoms with van der Waals surface area (Å²) in [5.41, 5.74) is -0.153. The number of alkyl halides is 3. The van der Waals surface area contributed by atoms with Crippen molar-refractivity contribution >= 4 is 5.97 Å². The normalized spacial score (nSPS) is 10.8. The third-order valence-corrected chi connectivity index (χ3v) is 0.578. The maximum absolute atomic E-state index is 10.6. The maximum atomic E-state index is 10.6. The van der Waals surface area contributed by atoms with Crippen LogP contribution in [0.4, 0.5) is 13.2 Å². The highest BCUT2D eigenvalue weighted by molar-refractivity contribution is 5.73. The van der Waals surface area contributed by atoms with E-state index in [1.54, 1.807) is 0 Å². The van der Waals surface area contributed by atoms with Gasteiger partial charge >= 0.3 is 12.1 Å². The van der Waals surface area contributed by atoms with Crippen LogP contribution in [0.1, 0.15) is 20.8 Å². The number of aliphatic carboxylic acids is 1. The Bertz CT molecular complexity index is 209. The third kappa shape index (κ3) is 13.7. The molecule has 0 spiro atoms. The quantitative estimate of drug-likeness (QED) is 0.647. The van der Waals surface area contributed by atoms with Gasteiger partial charge in [0, 0.05) is 5.41 Å². The number of halogens is 3. The lowest BCUT2D eigenvalue weighted by Gasteiger charge is -2.01. The van der Waals surface area contributed by atoms with E-state index in [4.69, 9.17) is 15.2 Å². The summed E-state index contributed by atoms with van der Waals surface area (Å²) in [7, 11) is 0. The van der Waals surface area contributed by atoms with Crippen molar-refractivity contribution in [3.63, 3.8) is 0 Å². The zero-order chi connectivity index (χ0) is 11.3. The van der Waals surface area contributed by atoms with E-state index in [9.17, 15) is 13.2 Å². The van der Waals surface area contributed by atoms with Crippen LogP contribution in [0.15, 0.2) is 0 Å². The molecule has 0 heterocycles. The van der Waals surface area contributed by atoms with Crippen molar-refractivity contribution in [2.75, 3.05) is 0 Å². The van der Waals surface area contributed by atoms with Gasteiger partial charge in [0.15, 0.2) is 0 Å². The molecule has 0 atom stereocenters. The minimum absolute atomic E-state index is 0.153. The molecule has 13 heavy (non-hydrogen) atoms. The fraction of sp³-hybridized carbons (Fsp3) is 0.714. The average Bonchev–Trinajstić information content (AvgIpc) is 1.85. The predicted molar refractivity (Wildman–Crippen MR) is 38.8 cm³/mol. The predicted octanol–water partition coefficient (Wildman–Crippen LogP) is 2.19. The van der Waals surface area contributed by atoms with Crippen LogP contribution in [0.25, 0.3) is 0 Å². The van der Waals surface area contributed by atoms with Crippen molar-refractivity contribution in [3.05, 3.63) is 0 Å². The van der Waals surface area contributed by atoms with E-state index in [1.807, 2.05) is 20.8 Å². The van der Waals surface area contributed by atoms with Gasteiger partial charge in [-0.1, -0.05) is 0 Å². The van der Waals surface area contributed by atoms with Gasteiger partial charge in [-0.05, 0) is 20.8 Å². The van der Waals surface area contributed by atoms with Crippen LogP contribution in [0, 0.1) is 16.7 Å². The Morgan fingerprint density at radius 2 is 1.46 bits per heavy atom. The van der Waals surface area contributed by atoms with Gasteiger partial charge in [0.1, 0.15) is 0 Å². The van der Waals surface area contributed by atoms with Crippen molar-refractivity contribution in [1.29, 1.82) is 5.26 Å². The number of nitrogens with zero attached hydrogens (tertiary/aromatic N) is 1. The highest BCUT2D eigenvalue weighted by atomic mass is 19.4. The molecule has 0 aromatic heterocycles. The molecule has 0 radical (unpaired) electrons. The number of carbonyl (C=O) groups is 1. The zero-order valence-corrected chi connectivity index (χ0v) is 7.44. The minimum atomic E-state index is -5.08. The first-order chi connectivity index (χ1) is 5.50. The fourth-order valence-electron chi connectivity index (χ4n) is 0. The summed E-state index contributed by atoms with van der Waals surface area (Å²) in [4.78, 5) is 8.90. The van der Waals surface area contributed by atoms with E-state index >= 15 is 0 Å². The van der Waals surface area contributed by atoms with E-state index in [1.165, 1.54) is 0 Å². The molecule has 0 fully saturated rings. The molecule has 0 aliphatic rings. The van der Waals surface area contributed by atoms with Crippen molar-refractivity contribution in [2.45, 2.75) is 26.9 Å². The fourth-order valence-corrected chi connectivity index (χ4v) is 0. The number of hydrogen-bond acceptors (Lipinski definition) is 2. The Kier molecular flexibility index (Phi) is 5.16. The van der Waals surface area contributed by atoms with Crippen LogP contribution >= 0.6 is 0 Å². The summed E-state index contributed by atoms with van der Waals surface area (Å²) in [6, 6.07) is 2.10. The van der Waals surface area contributed by atoms with Crippen LogP contribution in [0.5, 0.6) is 0 Å². The average molecular weight is 197 g/mol. The molecule has 0 saturated heterocycles. The molecule has 76 valence electrons. The van der Waals surface area contributed by atoms with Gasteiger partial charge in [-0.25, -0.2) is 4.79 Å². The molecule has 1 N–H and O–H groups in total. The molecule has 0 bridgehead atoms. The number of nitriles is 1. The van der Waals surface area contributed by atoms with Crippen LogP contribution in [-0.4, -0.2) is 17.3 Å². The Hall–Kier alpha value is -1.25. The topological polar surface area (TPSA) is 61.1 Å². The Morgan fingerprint density at radius 1 is 1.31 bits per heavy atom. The smallest absolute Gasteiger partial charge is 0.475 e. The van der Waals surface area contributed by atoms with Gasteiger partial charge in [0.25, 0.3) is 0 Å². The van der Waals surface area contributed by atoms with Crippen molar-refractivity contribution in [3.8, 4) is 6.07 Å². The highest BCUT2D eigenvalue weighted by Crippen LogP contribution is 2.13. The summed E-state index contributed by atoms with van der Waals surface area (Å²) >= 11 is 0. The molecule has 0 aromatic carbocycles. The van der Waals surface area contributed by atoms with Crippen molar-refractivity contribution < 1.29 is 23.1 Å². The second-order valence-corrected chi connectivity index (χ2v) is 3.16. The van der Waals surface area contributed by atoms with E-state index in [2.05, 4.69) is 6.07 Å². The van der Waals surface area contributed by atoms with Gasteiger partial charge in [-0.15, -0.1) is 0 Å². The molecule has 0 amide bonds. The zero-order valence-electron chi connectivity index (χ0n) is 7.44. The highest BCUT2D eigenvalue weighted by Gasteiger charge is 2.38. The molecule has 0 aliphatic carbocycles. The van der Waals surface area contributed by atoms with Gasteiger partial charge < -0.3 is 5.11 Å². The Labute approximate surface area is 73.8 Å². The standard InChI is InChI=1S/C5H9N.C2HF3O2/c1-5(2,3)4-6;3-2(4,5)1(6)7/h1-3H3;(H,6,7). The summed E-state index contributed by atoms with van der Waals surface area (Å²) in [5.74, 6) is -2.76. The number of rotatable bonds is 0. The Balaban J connectivity index is 0. The largest absolute Gasteiger partial charge is 0.490 e. The van der Waals surface area contributed by atoms with Gasteiger partial charge in [0.05, 0.1) is 6.07 Å². The molecule has 0 unspecified atom stereocenters. The molecule has 6 heteroatoms. The first-order valence-electron chi connectivity index (χ1n) is 3.22. The monoisotopic (exact) mass is 197 g/mol. The number of carboxylic acid groups (broad SMARTS) is 1. The van der Waals surface area contributed by atoms with E-state index in [-0.39, 0.29) is 5.41 Å². The lowest BCUT2D eigenvalue weighted by molar-refractivity contribution is -0.192. The van der Waals surface area contributed by atoms with Gasteiger partial charge in [-0.2, -0.15) is 18.4 Å².